The van der Waals surface area contributed by atoms with Gasteiger partial charge in [-0.25, -0.2) is 4.98 Å². The minimum absolute atomic E-state index is 0.0862. The molecule has 0 unspecified atom stereocenters. The second-order valence-electron chi connectivity index (χ2n) is 4.14. The average molecular weight is 350 g/mol. The summed E-state index contributed by atoms with van der Waals surface area (Å²) in [6.07, 6.45) is 1.62. The van der Waals surface area contributed by atoms with E-state index in [0.717, 1.165) is 4.47 Å². The summed E-state index contributed by atoms with van der Waals surface area (Å²) in [7, 11) is 1.78. The zero-order valence-electron chi connectivity index (χ0n) is 9.50. The maximum absolute atomic E-state index is 12.2. The number of aromatic nitrogens is 1. The lowest BCUT2D eigenvalue weighted by molar-refractivity contribution is 0.0656. The first kappa shape index (κ1) is 13.6. The van der Waals surface area contributed by atoms with Crippen molar-refractivity contribution in [1.29, 1.82) is 0 Å². The molecule has 1 aromatic rings. The molecule has 1 amide bonds. The molecule has 1 heterocycles. The zero-order chi connectivity index (χ0) is 12.3. The second kappa shape index (κ2) is 5.27. The monoisotopic (exact) mass is 348 g/mol. The van der Waals surface area contributed by atoms with Crippen LogP contribution in [0.15, 0.2) is 22.8 Å². The number of alkyl halides is 1. The number of carbonyl (C=O) groups excluding carboxylic acids is 1. The summed E-state index contributed by atoms with van der Waals surface area (Å²) < 4.78 is 0.720. The fourth-order valence-electron chi connectivity index (χ4n) is 1.07. The highest BCUT2D eigenvalue weighted by Crippen LogP contribution is 2.21. The molecule has 0 aliphatic carbocycles. The van der Waals surface area contributed by atoms with Gasteiger partial charge in [-0.15, -0.1) is 0 Å². The highest BCUT2D eigenvalue weighted by atomic mass is 79.9. The van der Waals surface area contributed by atoms with E-state index in [1.54, 1.807) is 24.2 Å². The third kappa shape index (κ3) is 2.83. The predicted octanol–water partition coefficient (Wildman–Crippen LogP) is 3.09. The van der Waals surface area contributed by atoms with Crippen molar-refractivity contribution in [2.24, 2.45) is 0 Å². The Morgan fingerprint density at radius 3 is 2.69 bits per heavy atom. The van der Waals surface area contributed by atoms with Gasteiger partial charge in [-0.2, -0.15) is 0 Å². The topological polar surface area (TPSA) is 33.2 Å². The Kier molecular flexibility index (Phi) is 4.50. The van der Waals surface area contributed by atoms with Gasteiger partial charge in [0.25, 0.3) is 5.91 Å². The van der Waals surface area contributed by atoms with Crippen molar-refractivity contribution in [2.45, 2.75) is 19.4 Å². The van der Waals surface area contributed by atoms with E-state index in [0.29, 0.717) is 11.0 Å². The summed E-state index contributed by atoms with van der Waals surface area (Å²) in [6, 6.07) is 3.60. The number of carbonyl (C=O) groups is 1. The molecule has 0 spiro atoms. The molecule has 0 radical (unpaired) electrons. The number of pyridine rings is 1. The fourth-order valence-corrected chi connectivity index (χ4v) is 1.87. The van der Waals surface area contributed by atoms with Gasteiger partial charge in [0.15, 0.2) is 0 Å². The highest BCUT2D eigenvalue weighted by molar-refractivity contribution is 9.10. The Labute approximate surface area is 112 Å². The number of nitrogens with zero attached hydrogens (tertiary/aromatic N) is 2. The maximum Gasteiger partial charge on any atom is 0.273 e. The Bertz CT molecular complexity index is 393. The molecule has 5 heteroatoms. The minimum atomic E-state index is -0.242. The summed E-state index contributed by atoms with van der Waals surface area (Å²) in [4.78, 5) is 18.0. The Balaban J connectivity index is 3.00. The van der Waals surface area contributed by atoms with Crippen LogP contribution in [0.3, 0.4) is 0 Å². The van der Waals surface area contributed by atoms with Gasteiger partial charge < -0.3 is 4.90 Å². The van der Waals surface area contributed by atoms with Gasteiger partial charge in [-0.3, -0.25) is 4.79 Å². The van der Waals surface area contributed by atoms with E-state index in [-0.39, 0.29) is 11.4 Å². The quantitative estimate of drug-likeness (QED) is 0.785. The van der Waals surface area contributed by atoms with Crippen LogP contribution in [0.1, 0.15) is 24.3 Å². The molecular formula is C11H14Br2N2O. The predicted molar refractivity (Wildman–Crippen MR) is 71.9 cm³/mol. The van der Waals surface area contributed by atoms with Crippen LogP contribution in [-0.2, 0) is 0 Å². The van der Waals surface area contributed by atoms with Crippen LogP contribution in [-0.4, -0.2) is 33.7 Å². The zero-order valence-corrected chi connectivity index (χ0v) is 12.7. The van der Waals surface area contributed by atoms with Crippen molar-refractivity contribution >= 4 is 37.8 Å². The largest absolute Gasteiger partial charge is 0.334 e. The van der Waals surface area contributed by atoms with Crippen molar-refractivity contribution < 1.29 is 4.79 Å². The summed E-state index contributed by atoms with van der Waals surface area (Å²) in [5.74, 6) is -0.0862. The first-order valence-corrected chi connectivity index (χ1v) is 6.76. The summed E-state index contributed by atoms with van der Waals surface area (Å²) in [6.45, 7) is 3.99. The smallest absolute Gasteiger partial charge is 0.273 e. The number of amides is 1. The van der Waals surface area contributed by atoms with E-state index < -0.39 is 0 Å². The number of halogens is 2. The van der Waals surface area contributed by atoms with Crippen LogP contribution in [0.2, 0.25) is 0 Å². The normalized spacial score (nSPS) is 11.3. The first-order chi connectivity index (χ1) is 7.40. The molecule has 0 aromatic carbocycles. The third-order valence-electron chi connectivity index (χ3n) is 2.50. The molecule has 3 nitrogen and oxygen atoms in total. The van der Waals surface area contributed by atoms with E-state index in [2.05, 4.69) is 36.8 Å². The van der Waals surface area contributed by atoms with Crippen LogP contribution in [0.25, 0.3) is 0 Å². The van der Waals surface area contributed by atoms with E-state index >= 15 is 0 Å². The molecule has 0 bridgehead atoms. The molecule has 0 saturated carbocycles. The molecule has 0 atom stereocenters. The summed E-state index contributed by atoms with van der Waals surface area (Å²) in [5, 5.41) is 0.715. The summed E-state index contributed by atoms with van der Waals surface area (Å²) >= 11 is 6.74. The molecule has 0 aliphatic rings. The Morgan fingerprint density at radius 1 is 1.56 bits per heavy atom. The van der Waals surface area contributed by atoms with E-state index in [9.17, 15) is 4.79 Å². The number of hydrogen-bond acceptors (Lipinski definition) is 2. The van der Waals surface area contributed by atoms with Gasteiger partial charge in [0.2, 0.25) is 0 Å². The fraction of sp³-hybridized carbons (Fsp3) is 0.455. The standard InChI is InChI=1S/C11H14Br2N2O/c1-11(2,7-12)15(3)10(16)9-8(13)5-4-6-14-9/h4-6H,7H2,1-3H3. The Morgan fingerprint density at radius 2 is 2.19 bits per heavy atom. The lowest BCUT2D eigenvalue weighted by Crippen LogP contribution is -2.46. The van der Waals surface area contributed by atoms with Crippen LogP contribution >= 0.6 is 31.9 Å². The SMILES string of the molecule is CN(C(=O)c1ncccc1Br)C(C)(C)CBr. The van der Waals surface area contributed by atoms with Gasteiger partial charge in [-0.1, -0.05) is 15.9 Å². The van der Waals surface area contributed by atoms with Gasteiger partial charge in [0.05, 0.1) is 0 Å². The highest BCUT2D eigenvalue weighted by Gasteiger charge is 2.28. The van der Waals surface area contributed by atoms with Gasteiger partial charge >= 0.3 is 0 Å². The molecule has 1 aromatic heterocycles. The van der Waals surface area contributed by atoms with Crippen molar-refractivity contribution in [3.63, 3.8) is 0 Å². The van der Waals surface area contributed by atoms with E-state index in [4.69, 9.17) is 0 Å². The van der Waals surface area contributed by atoms with Gasteiger partial charge in [0, 0.05) is 28.6 Å². The van der Waals surface area contributed by atoms with Gasteiger partial charge in [-0.05, 0) is 41.9 Å². The summed E-state index contributed by atoms with van der Waals surface area (Å²) in [5.41, 5.74) is 0.202. The number of rotatable bonds is 3. The maximum atomic E-state index is 12.2. The van der Waals surface area contributed by atoms with Crippen LogP contribution in [0.4, 0.5) is 0 Å². The van der Waals surface area contributed by atoms with Crippen LogP contribution in [0.5, 0.6) is 0 Å². The average Bonchev–Trinajstić information content (AvgIpc) is 2.27. The molecule has 88 valence electrons. The van der Waals surface area contributed by atoms with Crippen molar-refractivity contribution in [1.82, 2.24) is 9.88 Å². The molecule has 0 saturated heterocycles. The second-order valence-corrected chi connectivity index (χ2v) is 5.56. The van der Waals surface area contributed by atoms with Crippen LogP contribution in [0, 0.1) is 0 Å². The van der Waals surface area contributed by atoms with Crippen LogP contribution < -0.4 is 0 Å². The molecule has 1 rings (SSSR count). The third-order valence-corrected chi connectivity index (χ3v) is 4.51. The minimum Gasteiger partial charge on any atom is -0.334 e. The van der Waals surface area contributed by atoms with E-state index in [1.165, 1.54) is 0 Å². The van der Waals surface area contributed by atoms with Crippen molar-refractivity contribution in [2.75, 3.05) is 12.4 Å². The molecule has 0 aliphatic heterocycles. The van der Waals surface area contributed by atoms with E-state index in [1.807, 2.05) is 19.9 Å². The molecule has 16 heavy (non-hydrogen) atoms. The molecule has 0 fully saturated rings. The molecular weight excluding hydrogens is 336 g/mol. The van der Waals surface area contributed by atoms with Crippen molar-refractivity contribution in [3.05, 3.63) is 28.5 Å². The Hall–Kier alpha value is -0.420. The molecule has 0 N–H and O–H groups in total. The lowest BCUT2D eigenvalue weighted by atomic mass is 10.1. The lowest BCUT2D eigenvalue weighted by Gasteiger charge is -2.33. The first-order valence-electron chi connectivity index (χ1n) is 4.85. The van der Waals surface area contributed by atoms with Gasteiger partial charge in [0.1, 0.15) is 5.69 Å². The van der Waals surface area contributed by atoms with Crippen molar-refractivity contribution in [3.8, 4) is 0 Å². The number of hydrogen-bond donors (Lipinski definition) is 0.